The van der Waals surface area contributed by atoms with E-state index >= 15 is 0 Å². The number of rotatable bonds is 3. The van der Waals surface area contributed by atoms with E-state index in [0.29, 0.717) is 6.07 Å². The predicted octanol–water partition coefficient (Wildman–Crippen LogP) is -1.25. The second kappa shape index (κ2) is 6.84. The number of hydrogen-bond donors (Lipinski definition) is 0. The molecule has 0 bridgehead atoms. The van der Waals surface area contributed by atoms with Crippen molar-refractivity contribution in [2.24, 2.45) is 0 Å². The molecule has 0 heterocycles. The number of methoxy groups -OCH3 is 1. The number of ether oxygens (including phenoxy) is 1. The van der Waals surface area contributed by atoms with Crippen molar-refractivity contribution in [3.8, 4) is 0 Å². The van der Waals surface area contributed by atoms with Crippen LogP contribution in [0.1, 0.15) is 15.9 Å². The van der Waals surface area contributed by atoms with Crippen LogP contribution in [0.4, 0.5) is 18.6 Å². The molecule has 0 aliphatic heterocycles. The number of halogens is 3. The second-order valence-electron chi connectivity index (χ2n) is 3.53. The first-order chi connectivity index (χ1) is 8.18. The standard InChI is InChI=1S/C9H8BF3NO4.K/c1-5-7(9(15)18-2)3-6(14(16)17)4-8(5)10(11,12)13;/h3-4H,1-2H3;/q-1;+1. The van der Waals surface area contributed by atoms with Crippen molar-refractivity contribution < 1.29 is 78.8 Å². The van der Waals surface area contributed by atoms with E-state index in [0.717, 1.165) is 20.1 Å². The minimum absolute atomic E-state index is 0. The van der Waals surface area contributed by atoms with Crippen LogP contribution in [-0.2, 0) is 4.74 Å². The van der Waals surface area contributed by atoms with E-state index < -0.39 is 34.6 Å². The van der Waals surface area contributed by atoms with Crippen molar-refractivity contribution in [3.05, 3.63) is 33.4 Å². The first-order valence-electron chi connectivity index (χ1n) is 4.75. The zero-order chi connectivity index (χ0) is 14.1. The quantitative estimate of drug-likeness (QED) is 0.303. The van der Waals surface area contributed by atoms with Gasteiger partial charge >= 0.3 is 64.3 Å². The van der Waals surface area contributed by atoms with Gasteiger partial charge in [-0.1, -0.05) is 11.0 Å². The van der Waals surface area contributed by atoms with Crippen molar-refractivity contribution in [2.75, 3.05) is 7.11 Å². The van der Waals surface area contributed by atoms with Gasteiger partial charge in [0.05, 0.1) is 17.6 Å². The number of nitrogens with zero attached hydrogens (tertiary/aromatic N) is 1. The molecule has 0 amide bonds. The Balaban J connectivity index is 0.00000324. The topological polar surface area (TPSA) is 69.4 Å². The van der Waals surface area contributed by atoms with E-state index in [1.807, 2.05) is 0 Å². The van der Waals surface area contributed by atoms with Crippen LogP contribution in [0, 0.1) is 17.0 Å². The Morgan fingerprint density at radius 1 is 1.37 bits per heavy atom. The van der Waals surface area contributed by atoms with Gasteiger partial charge in [-0.3, -0.25) is 10.1 Å². The van der Waals surface area contributed by atoms with Gasteiger partial charge in [-0.15, -0.1) is 0 Å². The Labute approximate surface area is 149 Å². The Bertz CT molecular complexity index is 521. The molecule has 10 heteroatoms. The third-order valence-corrected chi connectivity index (χ3v) is 2.40. The fraction of sp³-hybridized carbons (Fsp3) is 0.222. The maximum absolute atomic E-state index is 12.7. The number of benzene rings is 1. The fourth-order valence-corrected chi connectivity index (χ4v) is 1.49. The van der Waals surface area contributed by atoms with Gasteiger partial charge in [0, 0.05) is 6.07 Å². The number of carbonyl (C=O) groups excluding carboxylic acids is 1. The summed E-state index contributed by atoms with van der Waals surface area (Å²) in [6, 6.07) is 1.19. The SMILES string of the molecule is COC(=O)c1cc([N+](=O)[O-])cc([B-](F)(F)F)c1C.[K+]. The van der Waals surface area contributed by atoms with Crippen LogP contribution in [0.2, 0.25) is 0 Å². The van der Waals surface area contributed by atoms with Crippen LogP contribution in [0.15, 0.2) is 12.1 Å². The number of esters is 1. The summed E-state index contributed by atoms with van der Waals surface area (Å²) in [6.45, 7) is -4.37. The Kier molecular flexibility index (Phi) is 6.69. The van der Waals surface area contributed by atoms with E-state index in [4.69, 9.17) is 0 Å². The average molecular weight is 301 g/mol. The molecule has 0 fully saturated rings. The molecular weight excluding hydrogens is 293 g/mol. The molecule has 98 valence electrons. The summed E-state index contributed by atoms with van der Waals surface area (Å²) in [5.41, 5.74) is -2.79. The van der Waals surface area contributed by atoms with E-state index in [2.05, 4.69) is 4.74 Å². The van der Waals surface area contributed by atoms with Gasteiger partial charge in [0.15, 0.2) is 0 Å². The number of nitro groups is 1. The molecule has 0 N–H and O–H groups in total. The summed E-state index contributed by atoms with van der Waals surface area (Å²) >= 11 is 0. The number of nitro benzene ring substituents is 1. The van der Waals surface area contributed by atoms with Crippen LogP contribution in [0.25, 0.3) is 0 Å². The summed E-state index contributed by atoms with van der Waals surface area (Å²) < 4.78 is 42.5. The van der Waals surface area contributed by atoms with Gasteiger partial charge in [0.25, 0.3) is 5.69 Å². The number of non-ortho nitro benzene ring substituents is 1. The van der Waals surface area contributed by atoms with Gasteiger partial charge in [0.1, 0.15) is 0 Å². The van der Waals surface area contributed by atoms with E-state index in [1.54, 1.807) is 0 Å². The first kappa shape index (κ1) is 18.6. The van der Waals surface area contributed by atoms with Gasteiger partial charge in [-0.05, 0) is 13.0 Å². The summed E-state index contributed by atoms with van der Waals surface area (Å²) in [4.78, 5) is 20.8. The summed E-state index contributed by atoms with van der Waals surface area (Å²) in [5, 5.41) is 10.5. The molecule has 0 saturated carbocycles. The molecule has 0 spiro atoms. The average Bonchev–Trinajstić information content (AvgIpc) is 2.26. The van der Waals surface area contributed by atoms with Crippen molar-refractivity contribution in [2.45, 2.75) is 6.92 Å². The molecule has 19 heavy (non-hydrogen) atoms. The summed E-state index contributed by atoms with van der Waals surface area (Å²) in [7, 11) is 0.985. The molecule has 0 radical (unpaired) electrons. The van der Waals surface area contributed by atoms with Gasteiger partial charge in [-0.25, -0.2) is 4.79 Å². The Hall–Kier alpha value is -0.419. The molecule has 0 aliphatic rings. The van der Waals surface area contributed by atoms with Gasteiger partial charge < -0.3 is 17.7 Å². The molecule has 1 rings (SSSR count). The third kappa shape index (κ3) is 4.28. The second-order valence-corrected chi connectivity index (χ2v) is 3.53. The van der Waals surface area contributed by atoms with Crippen LogP contribution in [-0.4, -0.2) is 25.0 Å². The van der Waals surface area contributed by atoms with E-state index in [1.165, 1.54) is 0 Å². The zero-order valence-electron chi connectivity index (χ0n) is 10.4. The zero-order valence-corrected chi connectivity index (χ0v) is 13.6. The molecule has 1 aromatic rings. The van der Waals surface area contributed by atoms with Crippen LogP contribution >= 0.6 is 0 Å². The molecule has 0 aromatic heterocycles. The number of hydrogen-bond acceptors (Lipinski definition) is 4. The molecule has 0 saturated heterocycles. The van der Waals surface area contributed by atoms with Crippen molar-refractivity contribution in [3.63, 3.8) is 0 Å². The smallest absolute Gasteiger partial charge is 0.465 e. The van der Waals surface area contributed by atoms with Crippen molar-refractivity contribution in [1.82, 2.24) is 0 Å². The maximum Gasteiger partial charge on any atom is 1.00 e. The molecule has 0 aliphatic carbocycles. The minimum Gasteiger partial charge on any atom is -0.465 e. The Morgan fingerprint density at radius 3 is 2.26 bits per heavy atom. The minimum atomic E-state index is -5.44. The van der Waals surface area contributed by atoms with Crippen LogP contribution in [0.5, 0.6) is 0 Å². The van der Waals surface area contributed by atoms with Crippen LogP contribution in [0.3, 0.4) is 0 Å². The van der Waals surface area contributed by atoms with Gasteiger partial charge in [0.2, 0.25) is 0 Å². The summed E-state index contributed by atoms with van der Waals surface area (Å²) in [6.07, 6.45) is 0. The molecule has 5 nitrogen and oxygen atoms in total. The molecule has 0 unspecified atom stereocenters. The number of carbonyl (C=O) groups is 1. The maximum atomic E-state index is 12.7. The molecular formula is C9H8BF3KNO4. The van der Waals surface area contributed by atoms with E-state index in [9.17, 15) is 27.9 Å². The van der Waals surface area contributed by atoms with Crippen molar-refractivity contribution >= 4 is 24.1 Å². The first-order valence-corrected chi connectivity index (χ1v) is 4.75. The fourth-order valence-electron chi connectivity index (χ4n) is 1.49. The molecule has 0 atom stereocenters. The van der Waals surface area contributed by atoms with Crippen molar-refractivity contribution in [1.29, 1.82) is 0 Å². The normalized spacial score (nSPS) is 10.6. The van der Waals surface area contributed by atoms with E-state index in [-0.39, 0.29) is 56.9 Å². The largest absolute Gasteiger partial charge is 1.00 e. The predicted molar refractivity (Wildman–Crippen MR) is 57.9 cm³/mol. The summed E-state index contributed by atoms with van der Waals surface area (Å²) in [5.74, 6) is -1.04. The monoisotopic (exact) mass is 301 g/mol. The third-order valence-electron chi connectivity index (χ3n) is 2.40. The molecule has 1 aromatic carbocycles. The Morgan fingerprint density at radius 2 is 1.89 bits per heavy atom. The van der Waals surface area contributed by atoms with Crippen LogP contribution < -0.4 is 56.8 Å². The van der Waals surface area contributed by atoms with Gasteiger partial charge in [-0.2, -0.15) is 0 Å².